The van der Waals surface area contributed by atoms with Crippen LogP contribution >= 0.6 is 0 Å². The summed E-state index contributed by atoms with van der Waals surface area (Å²) in [5.41, 5.74) is 4.41. The Hall–Kier alpha value is -1.37. The molecule has 2 aliphatic rings. The smallest absolute Gasteiger partial charge is 0.133 e. The Morgan fingerprint density at radius 1 is 1.05 bits per heavy atom. The van der Waals surface area contributed by atoms with Crippen molar-refractivity contribution in [2.24, 2.45) is 5.92 Å². The van der Waals surface area contributed by atoms with Crippen molar-refractivity contribution in [2.75, 3.05) is 0 Å². The van der Waals surface area contributed by atoms with Gasteiger partial charge in [0.2, 0.25) is 0 Å². The van der Waals surface area contributed by atoms with Gasteiger partial charge in [0.1, 0.15) is 5.82 Å². The zero-order valence-corrected chi connectivity index (χ0v) is 13.0. The zero-order valence-electron chi connectivity index (χ0n) is 13.0. The van der Waals surface area contributed by atoms with E-state index in [1.165, 1.54) is 37.7 Å². The summed E-state index contributed by atoms with van der Waals surface area (Å²) in [5.74, 6) is 0.782. The Bertz CT molecular complexity index is 559. The van der Waals surface area contributed by atoms with Crippen molar-refractivity contribution >= 4 is 5.57 Å². The van der Waals surface area contributed by atoms with E-state index in [4.69, 9.17) is 0 Å². The third-order valence-electron chi connectivity index (χ3n) is 5.12. The lowest BCUT2D eigenvalue weighted by Crippen LogP contribution is -2.11. The van der Waals surface area contributed by atoms with Gasteiger partial charge in [-0.3, -0.25) is 0 Å². The predicted octanol–water partition coefficient (Wildman–Crippen LogP) is 6.07. The third-order valence-corrected chi connectivity index (χ3v) is 5.12. The monoisotopic (exact) mass is 284 g/mol. The molecule has 0 heterocycles. The van der Waals surface area contributed by atoms with Crippen LogP contribution in [0.1, 0.15) is 63.0 Å². The first kappa shape index (κ1) is 14.6. The summed E-state index contributed by atoms with van der Waals surface area (Å²) in [5, 5.41) is 0. The molecule has 1 aromatic rings. The zero-order chi connectivity index (χ0) is 14.7. The molecule has 1 saturated carbocycles. The van der Waals surface area contributed by atoms with Gasteiger partial charge in [-0.2, -0.15) is 0 Å². The number of halogens is 1. The Kier molecular flexibility index (Phi) is 4.57. The number of aryl methyl sites for hydroxylation is 1. The molecule has 0 amide bonds. The van der Waals surface area contributed by atoms with Gasteiger partial charge in [-0.15, -0.1) is 0 Å². The molecular weight excluding hydrogens is 259 g/mol. The molecule has 1 aromatic carbocycles. The lowest BCUT2D eigenvalue weighted by Gasteiger charge is -2.27. The van der Waals surface area contributed by atoms with Crippen LogP contribution in [0.5, 0.6) is 0 Å². The van der Waals surface area contributed by atoms with Crippen molar-refractivity contribution in [2.45, 2.75) is 58.3 Å². The van der Waals surface area contributed by atoms with Gasteiger partial charge in [0.25, 0.3) is 0 Å². The van der Waals surface area contributed by atoms with Crippen LogP contribution in [0.3, 0.4) is 0 Å². The molecule has 0 spiro atoms. The topological polar surface area (TPSA) is 0 Å². The van der Waals surface area contributed by atoms with E-state index < -0.39 is 0 Å². The normalized spacial score (nSPS) is 20.1. The first-order valence-electron chi connectivity index (χ1n) is 8.47. The first-order valence-corrected chi connectivity index (χ1v) is 8.47. The number of benzene rings is 1. The fourth-order valence-electron chi connectivity index (χ4n) is 3.79. The fraction of sp³-hybridized carbons (Fsp3) is 0.500. The lowest BCUT2D eigenvalue weighted by atomic mass is 9.79. The maximum Gasteiger partial charge on any atom is 0.133 e. The summed E-state index contributed by atoms with van der Waals surface area (Å²) in [6, 6.07) is 5.81. The summed E-state index contributed by atoms with van der Waals surface area (Å²) in [4.78, 5) is 0. The molecule has 21 heavy (non-hydrogen) atoms. The van der Waals surface area contributed by atoms with Gasteiger partial charge in [0.05, 0.1) is 0 Å². The molecule has 0 bridgehead atoms. The highest BCUT2D eigenvalue weighted by molar-refractivity contribution is 5.69. The van der Waals surface area contributed by atoms with Crippen molar-refractivity contribution in [3.8, 4) is 0 Å². The van der Waals surface area contributed by atoms with Crippen LogP contribution < -0.4 is 0 Å². The van der Waals surface area contributed by atoms with E-state index in [0.717, 1.165) is 36.3 Å². The number of rotatable bonds is 3. The molecule has 2 aliphatic carbocycles. The minimum absolute atomic E-state index is 0.0132. The quantitative estimate of drug-likeness (QED) is 0.631. The van der Waals surface area contributed by atoms with Gasteiger partial charge in [-0.1, -0.05) is 62.1 Å². The second kappa shape index (κ2) is 6.60. The van der Waals surface area contributed by atoms with Crippen molar-refractivity contribution in [1.29, 1.82) is 0 Å². The average molecular weight is 284 g/mol. The molecule has 0 unspecified atom stereocenters. The molecular formula is C20H25F. The van der Waals surface area contributed by atoms with Crippen LogP contribution in [0.2, 0.25) is 0 Å². The number of allylic oxidation sites excluding steroid dienone is 4. The van der Waals surface area contributed by atoms with Gasteiger partial charge in [-0.05, 0) is 49.2 Å². The second-order valence-corrected chi connectivity index (χ2v) is 6.40. The number of hydrogen-bond donors (Lipinski definition) is 0. The standard InChI is InChI=1S/C20H25F/c1-2-15-9-6-10-19(20(15)21)18-13-11-17(12-14-18)16-7-4-3-5-8-16/h6,9-11,13,16H,2-5,7-8,12,14H2,1H3. The maximum absolute atomic E-state index is 14.4. The Labute approximate surface area is 127 Å². The SMILES string of the molecule is CCc1cccc(C2=CC=C(C3CCCCC3)CC2)c1F. The van der Waals surface area contributed by atoms with Crippen LogP contribution in [0.15, 0.2) is 35.9 Å². The molecule has 1 heteroatoms. The van der Waals surface area contributed by atoms with Gasteiger partial charge >= 0.3 is 0 Å². The summed E-state index contributed by atoms with van der Waals surface area (Å²) in [6.45, 7) is 2.01. The van der Waals surface area contributed by atoms with Crippen LogP contribution in [-0.2, 0) is 6.42 Å². The molecule has 0 radical (unpaired) electrons. The predicted molar refractivity (Wildman–Crippen MR) is 87.6 cm³/mol. The number of hydrogen-bond acceptors (Lipinski definition) is 0. The van der Waals surface area contributed by atoms with E-state index in [-0.39, 0.29) is 5.82 Å². The Morgan fingerprint density at radius 2 is 1.86 bits per heavy atom. The molecule has 0 nitrogen and oxygen atoms in total. The lowest BCUT2D eigenvalue weighted by molar-refractivity contribution is 0.395. The minimum Gasteiger partial charge on any atom is -0.206 e. The van der Waals surface area contributed by atoms with Crippen LogP contribution in [-0.4, -0.2) is 0 Å². The van der Waals surface area contributed by atoms with Crippen molar-refractivity contribution in [1.82, 2.24) is 0 Å². The molecule has 0 N–H and O–H groups in total. The van der Waals surface area contributed by atoms with E-state index >= 15 is 0 Å². The summed E-state index contributed by atoms with van der Waals surface area (Å²) in [6.07, 6.45) is 14.2. The van der Waals surface area contributed by atoms with Crippen molar-refractivity contribution < 1.29 is 4.39 Å². The molecule has 0 aliphatic heterocycles. The fourth-order valence-corrected chi connectivity index (χ4v) is 3.79. The summed E-state index contributed by atoms with van der Waals surface area (Å²) < 4.78 is 14.4. The largest absolute Gasteiger partial charge is 0.206 e. The third kappa shape index (κ3) is 3.12. The van der Waals surface area contributed by atoms with Gasteiger partial charge in [0.15, 0.2) is 0 Å². The van der Waals surface area contributed by atoms with Crippen molar-refractivity contribution in [3.05, 3.63) is 52.9 Å². The molecule has 112 valence electrons. The average Bonchev–Trinajstić information content (AvgIpc) is 2.56. The molecule has 0 saturated heterocycles. The highest BCUT2D eigenvalue weighted by atomic mass is 19.1. The minimum atomic E-state index is -0.0132. The molecule has 1 fully saturated rings. The Morgan fingerprint density at radius 3 is 2.52 bits per heavy atom. The van der Waals surface area contributed by atoms with Gasteiger partial charge in [-0.25, -0.2) is 4.39 Å². The van der Waals surface area contributed by atoms with Gasteiger partial charge in [0, 0.05) is 5.56 Å². The summed E-state index contributed by atoms with van der Waals surface area (Å²) >= 11 is 0. The van der Waals surface area contributed by atoms with Crippen LogP contribution in [0, 0.1) is 11.7 Å². The molecule has 3 rings (SSSR count). The highest BCUT2D eigenvalue weighted by Crippen LogP contribution is 2.37. The first-order chi connectivity index (χ1) is 10.3. The van der Waals surface area contributed by atoms with Crippen LogP contribution in [0.25, 0.3) is 5.57 Å². The second-order valence-electron chi connectivity index (χ2n) is 6.40. The summed E-state index contributed by atoms with van der Waals surface area (Å²) in [7, 11) is 0. The van der Waals surface area contributed by atoms with E-state index in [2.05, 4.69) is 12.2 Å². The van der Waals surface area contributed by atoms with E-state index in [9.17, 15) is 4.39 Å². The Balaban J connectivity index is 1.82. The van der Waals surface area contributed by atoms with Gasteiger partial charge < -0.3 is 0 Å². The molecule has 0 atom stereocenters. The van der Waals surface area contributed by atoms with E-state index in [1.54, 1.807) is 5.57 Å². The maximum atomic E-state index is 14.4. The highest BCUT2D eigenvalue weighted by Gasteiger charge is 2.20. The van der Waals surface area contributed by atoms with E-state index in [0.29, 0.717) is 0 Å². The van der Waals surface area contributed by atoms with Crippen molar-refractivity contribution in [3.63, 3.8) is 0 Å². The molecule has 0 aromatic heterocycles. The van der Waals surface area contributed by atoms with Crippen LogP contribution in [0.4, 0.5) is 4.39 Å². The van der Waals surface area contributed by atoms with E-state index in [1.807, 2.05) is 25.1 Å².